The van der Waals surface area contributed by atoms with E-state index in [-0.39, 0.29) is 17.2 Å². The first kappa shape index (κ1) is 23.7. The van der Waals surface area contributed by atoms with Crippen LogP contribution in [0.15, 0.2) is 65.8 Å². The van der Waals surface area contributed by atoms with E-state index < -0.39 is 9.84 Å². The molecule has 4 aromatic rings. The number of benzene rings is 2. The number of pyridine rings is 1. The van der Waals surface area contributed by atoms with Crippen LogP contribution in [0.25, 0.3) is 10.2 Å². The van der Waals surface area contributed by atoms with E-state index in [0.29, 0.717) is 34.3 Å². The minimum atomic E-state index is -3.31. The fraction of sp³-hybridized carbons (Fsp3) is 0.208. The fourth-order valence-corrected chi connectivity index (χ4v) is 5.17. The van der Waals surface area contributed by atoms with Crippen LogP contribution in [0.2, 0.25) is 0 Å². The van der Waals surface area contributed by atoms with Gasteiger partial charge in [-0.2, -0.15) is 0 Å². The second-order valence-electron chi connectivity index (χ2n) is 7.57. The number of nitrogens with zero attached hydrogens (tertiary/aromatic N) is 3. The lowest BCUT2D eigenvalue weighted by molar-refractivity contribution is -0.118. The van der Waals surface area contributed by atoms with Crippen LogP contribution in [0.1, 0.15) is 11.1 Å². The van der Waals surface area contributed by atoms with Gasteiger partial charge in [0, 0.05) is 18.6 Å². The largest absolute Gasteiger partial charge is 0.495 e. The van der Waals surface area contributed by atoms with Crippen molar-refractivity contribution in [2.24, 2.45) is 0 Å². The number of carbonyl (C=O) groups is 1. The summed E-state index contributed by atoms with van der Waals surface area (Å²) in [6.45, 7) is 0.299. The number of hydrogen-bond donors (Lipinski definition) is 0. The van der Waals surface area contributed by atoms with Gasteiger partial charge in [-0.15, -0.1) is 0 Å². The molecule has 4 rings (SSSR count). The number of anilines is 1. The second-order valence-corrected chi connectivity index (χ2v) is 10.6. The molecule has 0 spiro atoms. The summed E-state index contributed by atoms with van der Waals surface area (Å²) in [6.07, 6.45) is 4.58. The van der Waals surface area contributed by atoms with E-state index in [4.69, 9.17) is 14.5 Å². The standard InChI is InChI=1S/C24H23N3O5S2/c1-31-19-8-9-20(32-2)23-22(19)26-24(33-23)27(15-17-10-12-25-13-11-17)21(28)14-16-4-6-18(7-5-16)34(3,29)30/h4-13H,14-15H2,1-3H3. The van der Waals surface area contributed by atoms with Crippen molar-refractivity contribution < 1.29 is 22.7 Å². The third-order valence-electron chi connectivity index (χ3n) is 5.23. The van der Waals surface area contributed by atoms with Crippen molar-refractivity contribution >= 4 is 42.4 Å². The van der Waals surface area contributed by atoms with Crippen molar-refractivity contribution in [3.63, 3.8) is 0 Å². The highest BCUT2D eigenvalue weighted by molar-refractivity contribution is 7.90. The van der Waals surface area contributed by atoms with Crippen LogP contribution in [0.4, 0.5) is 5.13 Å². The third-order valence-corrected chi connectivity index (χ3v) is 7.45. The van der Waals surface area contributed by atoms with Gasteiger partial charge < -0.3 is 9.47 Å². The smallest absolute Gasteiger partial charge is 0.233 e. The van der Waals surface area contributed by atoms with E-state index in [1.54, 1.807) is 49.7 Å². The van der Waals surface area contributed by atoms with Gasteiger partial charge in [0.25, 0.3) is 0 Å². The summed E-state index contributed by atoms with van der Waals surface area (Å²) >= 11 is 1.34. The Morgan fingerprint density at radius 3 is 2.21 bits per heavy atom. The molecule has 2 heterocycles. The van der Waals surface area contributed by atoms with Crippen LogP contribution >= 0.6 is 11.3 Å². The topological polar surface area (TPSA) is 98.7 Å². The summed E-state index contributed by atoms with van der Waals surface area (Å²) in [4.78, 5) is 24.1. The minimum Gasteiger partial charge on any atom is -0.495 e. The van der Waals surface area contributed by atoms with Crippen LogP contribution in [-0.4, -0.2) is 44.8 Å². The van der Waals surface area contributed by atoms with Crippen LogP contribution < -0.4 is 14.4 Å². The molecule has 34 heavy (non-hydrogen) atoms. The number of fused-ring (bicyclic) bond motifs is 1. The highest BCUT2D eigenvalue weighted by atomic mass is 32.2. The lowest BCUT2D eigenvalue weighted by Gasteiger charge is -2.20. The van der Waals surface area contributed by atoms with Gasteiger partial charge in [-0.25, -0.2) is 13.4 Å². The second kappa shape index (κ2) is 9.78. The minimum absolute atomic E-state index is 0.0827. The SMILES string of the molecule is COc1ccc(OC)c2sc(N(Cc3ccncc3)C(=O)Cc3ccc(S(C)(=O)=O)cc3)nc12. The van der Waals surface area contributed by atoms with Crippen LogP contribution in [0.5, 0.6) is 11.5 Å². The first-order valence-electron chi connectivity index (χ1n) is 10.3. The molecule has 8 nitrogen and oxygen atoms in total. The molecule has 2 aromatic carbocycles. The van der Waals surface area contributed by atoms with Gasteiger partial charge in [0.1, 0.15) is 21.7 Å². The van der Waals surface area contributed by atoms with Crippen LogP contribution in [0, 0.1) is 0 Å². The summed E-state index contributed by atoms with van der Waals surface area (Å²) in [5, 5.41) is 0.507. The van der Waals surface area contributed by atoms with Gasteiger partial charge in [0.05, 0.1) is 32.1 Å². The number of sulfone groups is 1. The van der Waals surface area contributed by atoms with E-state index in [9.17, 15) is 13.2 Å². The Hall–Kier alpha value is -3.50. The van der Waals surface area contributed by atoms with Crippen molar-refractivity contribution in [1.82, 2.24) is 9.97 Å². The van der Waals surface area contributed by atoms with Gasteiger partial charge in [0.15, 0.2) is 15.0 Å². The summed E-state index contributed by atoms with van der Waals surface area (Å²) in [6, 6.07) is 13.6. The molecule has 0 unspecified atom stereocenters. The van der Waals surface area contributed by atoms with Crippen molar-refractivity contribution in [2.45, 2.75) is 17.9 Å². The number of aromatic nitrogens is 2. The van der Waals surface area contributed by atoms with Gasteiger partial charge in [-0.05, 0) is 47.5 Å². The van der Waals surface area contributed by atoms with E-state index >= 15 is 0 Å². The van der Waals surface area contributed by atoms with Gasteiger partial charge in [-0.3, -0.25) is 14.7 Å². The maximum atomic E-state index is 13.5. The number of methoxy groups -OCH3 is 2. The van der Waals surface area contributed by atoms with E-state index in [2.05, 4.69) is 4.98 Å². The molecule has 0 aliphatic heterocycles. The Balaban J connectivity index is 1.72. The summed E-state index contributed by atoms with van der Waals surface area (Å²) < 4.78 is 35.2. The Bertz CT molecular complexity index is 1380. The monoisotopic (exact) mass is 497 g/mol. The van der Waals surface area contributed by atoms with E-state index in [1.807, 2.05) is 18.2 Å². The molecule has 0 aliphatic rings. The molecule has 10 heteroatoms. The van der Waals surface area contributed by atoms with Crippen LogP contribution in [-0.2, 0) is 27.6 Å². The number of ether oxygens (including phenoxy) is 2. The fourth-order valence-electron chi connectivity index (χ4n) is 3.45. The zero-order valence-corrected chi connectivity index (χ0v) is 20.5. The number of thiazole rings is 1. The predicted octanol–water partition coefficient (Wildman–Crippen LogP) is 3.89. The molecule has 0 aliphatic carbocycles. The summed E-state index contributed by atoms with van der Waals surface area (Å²) in [5.74, 6) is 1.05. The summed E-state index contributed by atoms with van der Waals surface area (Å²) in [7, 11) is -0.156. The van der Waals surface area contributed by atoms with Crippen molar-refractivity contribution in [3.05, 3.63) is 72.1 Å². The Morgan fingerprint density at radius 1 is 0.941 bits per heavy atom. The number of hydrogen-bond acceptors (Lipinski definition) is 8. The average Bonchev–Trinajstić information content (AvgIpc) is 3.27. The van der Waals surface area contributed by atoms with E-state index in [1.165, 1.54) is 23.5 Å². The quantitative estimate of drug-likeness (QED) is 0.364. The molecule has 0 N–H and O–H groups in total. The zero-order chi connectivity index (χ0) is 24.3. The van der Waals surface area contributed by atoms with Gasteiger partial charge in [0.2, 0.25) is 5.91 Å². The molecule has 0 saturated carbocycles. The normalized spacial score (nSPS) is 11.4. The Labute approximate surface area is 201 Å². The highest BCUT2D eigenvalue weighted by Crippen LogP contribution is 2.40. The van der Waals surface area contributed by atoms with Crippen molar-refractivity contribution in [1.29, 1.82) is 0 Å². The molecular weight excluding hydrogens is 474 g/mol. The highest BCUT2D eigenvalue weighted by Gasteiger charge is 2.23. The Morgan fingerprint density at radius 2 is 1.59 bits per heavy atom. The first-order valence-corrected chi connectivity index (χ1v) is 13.0. The van der Waals surface area contributed by atoms with Crippen LogP contribution in [0.3, 0.4) is 0 Å². The predicted molar refractivity (Wildman–Crippen MR) is 131 cm³/mol. The maximum Gasteiger partial charge on any atom is 0.233 e. The molecule has 2 aromatic heterocycles. The number of carbonyl (C=O) groups excluding carboxylic acids is 1. The Kier molecular flexibility index (Phi) is 6.80. The molecule has 0 bridgehead atoms. The van der Waals surface area contributed by atoms with Gasteiger partial charge >= 0.3 is 0 Å². The average molecular weight is 498 g/mol. The van der Waals surface area contributed by atoms with Gasteiger partial charge in [-0.1, -0.05) is 23.5 Å². The van der Waals surface area contributed by atoms with E-state index in [0.717, 1.165) is 16.5 Å². The summed E-state index contributed by atoms with van der Waals surface area (Å²) in [5.41, 5.74) is 2.22. The number of amides is 1. The lowest BCUT2D eigenvalue weighted by atomic mass is 10.1. The molecule has 0 fully saturated rings. The molecule has 0 atom stereocenters. The first-order chi connectivity index (χ1) is 16.3. The van der Waals surface area contributed by atoms with Crippen molar-refractivity contribution in [3.8, 4) is 11.5 Å². The molecular formula is C24H23N3O5S2. The maximum absolute atomic E-state index is 13.5. The molecule has 0 radical (unpaired) electrons. The molecule has 176 valence electrons. The molecule has 1 amide bonds. The van der Waals surface area contributed by atoms with Crippen molar-refractivity contribution in [2.75, 3.05) is 25.4 Å². The zero-order valence-electron chi connectivity index (χ0n) is 18.9. The lowest BCUT2D eigenvalue weighted by Crippen LogP contribution is -2.31. The molecule has 0 saturated heterocycles. The number of rotatable bonds is 8. The third kappa shape index (κ3) is 5.02.